The molecule has 1 aromatic heterocycles. The minimum Gasteiger partial charge on any atom is -0.352 e. The van der Waals surface area contributed by atoms with E-state index in [1.54, 1.807) is 0 Å². The van der Waals surface area contributed by atoms with Gasteiger partial charge in [0.05, 0.1) is 6.20 Å². The van der Waals surface area contributed by atoms with Gasteiger partial charge >= 0.3 is 0 Å². The summed E-state index contributed by atoms with van der Waals surface area (Å²) in [5, 5.41) is 9.90. The second kappa shape index (κ2) is 6.89. The molecule has 0 aliphatic heterocycles. The molecule has 1 aromatic carbocycles. The number of nitrogens with one attached hydrogen (secondary N) is 2. The van der Waals surface area contributed by atoms with Crippen LogP contribution in [0.2, 0.25) is 0 Å². The van der Waals surface area contributed by atoms with Crippen LogP contribution in [0.3, 0.4) is 0 Å². The van der Waals surface area contributed by atoms with Crippen LogP contribution in [0, 0.1) is 6.92 Å². The van der Waals surface area contributed by atoms with Crippen LogP contribution < -0.4 is 5.32 Å². The molecule has 1 amide bonds. The summed E-state index contributed by atoms with van der Waals surface area (Å²) in [6.45, 7) is 4.76. The third kappa shape index (κ3) is 3.47. The fourth-order valence-corrected chi connectivity index (χ4v) is 2.25. The standard InChI is InChI=1S/C16H21N3O/c1-3-13-7-4-5-9-15(13)16(20)17-10-6-8-14-11-18-19-12(14)2/h4-5,7,9,11H,3,6,8,10H2,1-2H3,(H,17,20)(H,18,19). The van der Waals surface area contributed by atoms with Crippen LogP contribution in [0.4, 0.5) is 0 Å². The van der Waals surface area contributed by atoms with Gasteiger partial charge in [-0.1, -0.05) is 25.1 Å². The number of aryl methyl sites for hydroxylation is 3. The Bertz CT molecular complexity index is 575. The van der Waals surface area contributed by atoms with Gasteiger partial charge in [-0.05, 0) is 43.4 Å². The number of rotatable bonds is 6. The van der Waals surface area contributed by atoms with Crippen LogP contribution in [0.15, 0.2) is 30.5 Å². The summed E-state index contributed by atoms with van der Waals surface area (Å²) in [7, 11) is 0. The Balaban J connectivity index is 1.82. The van der Waals surface area contributed by atoms with E-state index in [0.717, 1.165) is 36.1 Å². The molecule has 1 heterocycles. The molecule has 0 saturated carbocycles. The minimum atomic E-state index is 0.0198. The summed E-state index contributed by atoms with van der Waals surface area (Å²) in [5.74, 6) is 0.0198. The molecule has 4 nitrogen and oxygen atoms in total. The van der Waals surface area contributed by atoms with Crippen molar-refractivity contribution >= 4 is 5.91 Å². The van der Waals surface area contributed by atoms with Crippen LogP contribution in [-0.4, -0.2) is 22.6 Å². The molecular weight excluding hydrogens is 250 g/mol. The fraction of sp³-hybridized carbons (Fsp3) is 0.375. The van der Waals surface area contributed by atoms with Crippen molar-refractivity contribution in [3.63, 3.8) is 0 Å². The molecule has 106 valence electrons. The Morgan fingerprint density at radius 1 is 1.30 bits per heavy atom. The number of carbonyl (C=O) groups is 1. The van der Waals surface area contributed by atoms with Gasteiger partial charge in [0, 0.05) is 17.8 Å². The van der Waals surface area contributed by atoms with Crippen molar-refractivity contribution in [3.05, 3.63) is 52.8 Å². The number of hydrogen-bond acceptors (Lipinski definition) is 2. The van der Waals surface area contributed by atoms with Gasteiger partial charge in [0.1, 0.15) is 0 Å². The van der Waals surface area contributed by atoms with Gasteiger partial charge in [0.15, 0.2) is 0 Å². The third-order valence-electron chi connectivity index (χ3n) is 3.49. The normalized spacial score (nSPS) is 10.5. The monoisotopic (exact) mass is 271 g/mol. The van der Waals surface area contributed by atoms with Crippen molar-refractivity contribution in [2.24, 2.45) is 0 Å². The van der Waals surface area contributed by atoms with Crippen molar-refractivity contribution in [2.45, 2.75) is 33.1 Å². The molecule has 0 atom stereocenters. The quantitative estimate of drug-likeness (QED) is 0.794. The van der Waals surface area contributed by atoms with Crippen molar-refractivity contribution in [2.75, 3.05) is 6.54 Å². The summed E-state index contributed by atoms with van der Waals surface area (Å²) in [6.07, 6.45) is 4.57. The number of amides is 1. The highest BCUT2D eigenvalue weighted by molar-refractivity contribution is 5.95. The molecule has 2 aromatic rings. The van der Waals surface area contributed by atoms with E-state index >= 15 is 0 Å². The molecule has 4 heteroatoms. The largest absolute Gasteiger partial charge is 0.352 e. The molecule has 2 N–H and O–H groups in total. The van der Waals surface area contributed by atoms with Gasteiger partial charge in [-0.25, -0.2) is 0 Å². The number of H-pyrrole nitrogens is 1. The SMILES string of the molecule is CCc1ccccc1C(=O)NCCCc1cn[nH]c1C. The lowest BCUT2D eigenvalue weighted by molar-refractivity contribution is 0.0952. The molecular formula is C16H21N3O. The Morgan fingerprint density at radius 2 is 2.10 bits per heavy atom. The number of carbonyl (C=O) groups excluding carboxylic acids is 1. The average Bonchev–Trinajstić information content (AvgIpc) is 2.88. The lowest BCUT2D eigenvalue weighted by Gasteiger charge is -2.08. The third-order valence-corrected chi connectivity index (χ3v) is 3.49. The molecule has 0 fully saturated rings. The van der Waals surface area contributed by atoms with Crippen LogP contribution in [0.5, 0.6) is 0 Å². The molecule has 0 spiro atoms. The van der Waals surface area contributed by atoms with Gasteiger partial charge < -0.3 is 5.32 Å². The van der Waals surface area contributed by atoms with Crippen molar-refractivity contribution in [1.29, 1.82) is 0 Å². The van der Waals surface area contributed by atoms with E-state index < -0.39 is 0 Å². The first-order valence-corrected chi connectivity index (χ1v) is 7.07. The van der Waals surface area contributed by atoms with E-state index in [0.29, 0.717) is 6.54 Å². The van der Waals surface area contributed by atoms with E-state index in [-0.39, 0.29) is 5.91 Å². The summed E-state index contributed by atoms with van der Waals surface area (Å²) >= 11 is 0. The first-order chi connectivity index (χ1) is 9.72. The molecule has 0 bridgehead atoms. The maximum Gasteiger partial charge on any atom is 0.251 e. The topological polar surface area (TPSA) is 57.8 Å². The van der Waals surface area contributed by atoms with Gasteiger partial charge in [0.2, 0.25) is 0 Å². The first-order valence-electron chi connectivity index (χ1n) is 7.07. The summed E-state index contributed by atoms with van der Waals surface area (Å²) in [6, 6.07) is 7.76. The Labute approximate surface area is 119 Å². The van der Waals surface area contributed by atoms with Gasteiger partial charge in [-0.15, -0.1) is 0 Å². The van der Waals surface area contributed by atoms with Crippen molar-refractivity contribution in [3.8, 4) is 0 Å². The van der Waals surface area contributed by atoms with E-state index in [1.165, 1.54) is 5.56 Å². The van der Waals surface area contributed by atoms with E-state index in [1.807, 2.05) is 37.4 Å². The number of aromatic amines is 1. The summed E-state index contributed by atoms with van der Waals surface area (Å²) in [5.41, 5.74) is 4.20. The zero-order valence-electron chi connectivity index (χ0n) is 12.1. The van der Waals surface area contributed by atoms with E-state index in [9.17, 15) is 4.79 Å². The predicted molar refractivity (Wildman–Crippen MR) is 79.8 cm³/mol. The second-order valence-electron chi connectivity index (χ2n) is 4.89. The average molecular weight is 271 g/mol. The zero-order chi connectivity index (χ0) is 14.4. The maximum absolute atomic E-state index is 12.1. The van der Waals surface area contributed by atoms with E-state index in [2.05, 4.69) is 22.4 Å². The molecule has 0 aliphatic carbocycles. The smallest absolute Gasteiger partial charge is 0.251 e. The van der Waals surface area contributed by atoms with Crippen LogP contribution in [-0.2, 0) is 12.8 Å². The molecule has 0 aliphatic rings. The van der Waals surface area contributed by atoms with Crippen LogP contribution in [0.1, 0.15) is 40.5 Å². The van der Waals surface area contributed by atoms with E-state index in [4.69, 9.17) is 0 Å². The van der Waals surface area contributed by atoms with Gasteiger partial charge in [-0.3, -0.25) is 9.89 Å². The molecule has 0 radical (unpaired) electrons. The number of aromatic nitrogens is 2. The number of hydrogen-bond donors (Lipinski definition) is 2. The lowest BCUT2D eigenvalue weighted by Crippen LogP contribution is -2.25. The Kier molecular flexibility index (Phi) is 4.93. The molecule has 2 rings (SSSR count). The predicted octanol–water partition coefficient (Wildman–Crippen LogP) is 2.64. The molecule has 20 heavy (non-hydrogen) atoms. The van der Waals surface area contributed by atoms with Crippen LogP contribution >= 0.6 is 0 Å². The highest BCUT2D eigenvalue weighted by atomic mass is 16.1. The second-order valence-corrected chi connectivity index (χ2v) is 4.89. The number of benzene rings is 1. The summed E-state index contributed by atoms with van der Waals surface area (Å²) < 4.78 is 0. The lowest BCUT2D eigenvalue weighted by atomic mass is 10.0. The maximum atomic E-state index is 12.1. The van der Waals surface area contributed by atoms with Crippen molar-refractivity contribution in [1.82, 2.24) is 15.5 Å². The minimum absolute atomic E-state index is 0.0198. The van der Waals surface area contributed by atoms with Gasteiger partial charge in [-0.2, -0.15) is 5.10 Å². The fourth-order valence-electron chi connectivity index (χ4n) is 2.25. The zero-order valence-corrected chi connectivity index (χ0v) is 12.1. The van der Waals surface area contributed by atoms with Crippen LogP contribution in [0.25, 0.3) is 0 Å². The first kappa shape index (κ1) is 14.3. The molecule has 0 saturated heterocycles. The Morgan fingerprint density at radius 3 is 2.80 bits per heavy atom. The summed E-state index contributed by atoms with van der Waals surface area (Å²) in [4.78, 5) is 12.1. The highest BCUT2D eigenvalue weighted by Gasteiger charge is 2.08. The Hall–Kier alpha value is -2.10. The highest BCUT2D eigenvalue weighted by Crippen LogP contribution is 2.09. The van der Waals surface area contributed by atoms with Crippen molar-refractivity contribution < 1.29 is 4.79 Å². The van der Waals surface area contributed by atoms with Gasteiger partial charge in [0.25, 0.3) is 5.91 Å². The number of nitrogens with zero attached hydrogens (tertiary/aromatic N) is 1. The molecule has 0 unspecified atom stereocenters.